The van der Waals surface area contributed by atoms with E-state index in [0.29, 0.717) is 5.57 Å². The standard InChI is InChI=1S/C16H28O2/c1-9-15(5,6)11-16(7,8)10-13(4)14(17)18-12(2)3/h9-10,12H,1,11H2,2-8H3/b13-10+. The van der Waals surface area contributed by atoms with Crippen LogP contribution in [0.5, 0.6) is 0 Å². The van der Waals surface area contributed by atoms with Gasteiger partial charge in [0, 0.05) is 5.57 Å². The van der Waals surface area contributed by atoms with Gasteiger partial charge in [0.25, 0.3) is 0 Å². The third kappa shape index (κ3) is 6.63. The van der Waals surface area contributed by atoms with Crippen LogP contribution in [0.15, 0.2) is 24.3 Å². The third-order valence-corrected chi connectivity index (χ3v) is 2.74. The second-order valence-corrected chi connectivity index (χ2v) is 6.64. The van der Waals surface area contributed by atoms with Crippen molar-refractivity contribution in [1.82, 2.24) is 0 Å². The summed E-state index contributed by atoms with van der Waals surface area (Å²) < 4.78 is 5.19. The lowest BCUT2D eigenvalue weighted by molar-refractivity contribution is -0.142. The van der Waals surface area contributed by atoms with Crippen LogP contribution < -0.4 is 0 Å². The van der Waals surface area contributed by atoms with Gasteiger partial charge in [0.15, 0.2) is 0 Å². The van der Waals surface area contributed by atoms with E-state index in [1.165, 1.54) is 0 Å². The van der Waals surface area contributed by atoms with Crippen LogP contribution in [0.4, 0.5) is 0 Å². The fourth-order valence-electron chi connectivity index (χ4n) is 2.25. The van der Waals surface area contributed by atoms with E-state index in [1.807, 2.05) is 32.9 Å². The molecular formula is C16H28O2. The van der Waals surface area contributed by atoms with Gasteiger partial charge in [-0.05, 0) is 38.0 Å². The van der Waals surface area contributed by atoms with Crippen molar-refractivity contribution >= 4 is 5.97 Å². The highest BCUT2D eigenvalue weighted by atomic mass is 16.5. The second kappa shape index (κ2) is 6.21. The molecule has 0 N–H and O–H groups in total. The molecule has 0 aliphatic rings. The Hall–Kier alpha value is -1.05. The summed E-state index contributed by atoms with van der Waals surface area (Å²) >= 11 is 0. The van der Waals surface area contributed by atoms with E-state index in [4.69, 9.17) is 4.74 Å². The number of esters is 1. The summed E-state index contributed by atoms with van der Waals surface area (Å²) in [5, 5.41) is 0. The molecule has 0 saturated carbocycles. The van der Waals surface area contributed by atoms with Crippen molar-refractivity contribution in [1.29, 1.82) is 0 Å². The monoisotopic (exact) mass is 252 g/mol. The summed E-state index contributed by atoms with van der Waals surface area (Å²) in [6, 6.07) is 0. The first kappa shape index (κ1) is 16.9. The fraction of sp³-hybridized carbons (Fsp3) is 0.688. The normalized spacial score (nSPS) is 13.7. The van der Waals surface area contributed by atoms with Crippen LogP contribution in [0.3, 0.4) is 0 Å². The number of ether oxygens (including phenoxy) is 1. The van der Waals surface area contributed by atoms with Gasteiger partial charge in [0.2, 0.25) is 0 Å². The van der Waals surface area contributed by atoms with E-state index in [1.54, 1.807) is 0 Å². The quantitative estimate of drug-likeness (QED) is 0.395. The molecule has 0 aromatic carbocycles. The van der Waals surface area contributed by atoms with Crippen molar-refractivity contribution in [3.63, 3.8) is 0 Å². The second-order valence-electron chi connectivity index (χ2n) is 6.64. The topological polar surface area (TPSA) is 26.3 Å². The van der Waals surface area contributed by atoms with E-state index in [-0.39, 0.29) is 22.9 Å². The Morgan fingerprint density at radius 2 is 1.72 bits per heavy atom. The Balaban J connectivity index is 4.82. The SMILES string of the molecule is C=CC(C)(C)CC(C)(C)/C=C(\C)C(=O)OC(C)C. The van der Waals surface area contributed by atoms with Crippen LogP contribution in [0.25, 0.3) is 0 Å². The van der Waals surface area contributed by atoms with Crippen LogP contribution in [-0.2, 0) is 9.53 Å². The minimum Gasteiger partial charge on any atom is -0.460 e. The molecule has 0 aliphatic carbocycles. The maximum absolute atomic E-state index is 11.8. The van der Waals surface area contributed by atoms with Crippen molar-refractivity contribution in [3.05, 3.63) is 24.3 Å². The molecule has 0 spiro atoms. The molecule has 0 unspecified atom stereocenters. The summed E-state index contributed by atoms with van der Waals surface area (Å²) in [5.74, 6) is -0.227. The first-order chi connectivity index (χ1) is 7.99. The molecule has 0 bridgehead atoms. The Bertz CT molecular complexity index is 333. The van der Waals surface area contributed by atoms with Gasteiger partial charge < -0.3 is 4.74 Å². The Kier molecular flexibility index (Phi) is 5.85. The number of hydrogen-bond acceptors (Lipinski definition) is 2. The molecule has 18 heavy (non-hydrogen) atoms. The smallest absolute Gasteiger partial charge is 0.333 e. The number of hydrogen-bond donors (Lipinski definition) is 0. The molecule has 0 radical (unpaired) electrons. The van der Waals surface area contributed by atoms with Gasteiger partial charge in [-0.3, -0.25) is 0 Å². The summed E-state index contributed by atoms with van der Waals surface area (Å²) in [7, 11) is 0. The maximum atomic E-state index is 11.8. The molecular weight excluding hydrogens is 224 g/mol. The Labute approximate surface area is 112 Å². The van der Waals surface area contributed by atoms with Crippen LogP contribution in [-0.4, -0.2) is 12.1 Å². The molecule has 2 heteroatoms. The van der Waals surface area contributed by atoms with E-state index in [2.05, 4.69) is 34.3 Å². The van der Waals surface area contributed by atoms with Crippen molar-refractivity contribution in [2.24, 2.45) is 10.8 Å². The molecule has 0 amide bonds. The number of rotatable bonds is 6. The van der Waals surface area contributed by atoms with Gasteiger partial charge in [0.05, 0.1) is 6.10 Å². The first-order valence-corrected chi connectivity index (χ1v) is 6.53. The van der Waals surface area contributed by atoms with Gasteiger partial charge in [-0.1, -0.05) is 39.8 Å². The highest BCUT2D eigenvalue weighted by Gasteiger charge is 2.26. The van der Waals surface area contributed by atoms with Crippen LogP contribution >= 0.6 is 0 Å². The molecule has 0 atom stereocenters. The highest BCUT2D eigenvalue weighted by Crippen LogP contribution is 2.36. The molecule has 0 aromatic heterocycles. The average Bonchev–Trinajstić information content (AvgIpc) is 2.14. The molecule has 0 heterocycles. The minimum atomic E-state index is -0.227. The molecule has 0 saturated heterocycles. The van der Waals surface area contributed by atoms with Crippen molar-refractivity contribution in [2.75, 3.05) is 0 Å². The molecule has 2 nitrogen and oxygen atoms in total. The number of allylic oxidation sites excluding steroid dienone is 2. The van der Waals surface area contributed by atoms with Crippen LogP contribution in [0.2, 0.25) is 0 Å². The zero-order valence-electron chi connectivity index (χ0n) is 13.0. The number of carbonyl (C=O) groups is 1. The lowest BCUT2D eigenvalue weighted by atomic mass is 9.74. The van der Waals surface area contributed by atoms with Gasteiger partial charge >= 0.3 is 5.97 Å². The third-order valence-electron chi connectivity index (χ3n) is 2.74. The maximum Gasteiger partial charge on any atom is 0.333 e. The van der Waals surface area contributed by atoms with E-state index in [9.17, 15) is 4.79 Å². The summed E-state index contributed by atoms with van der Waals surface area (Å²) in [6.45, 7) is 17.9. The van der Waals surface area contributed by atoms with Gasteiger partial charge in [-0.2, -0.15) is 0 Å². The van der Waals surface area contributed by atoms with Gasteiger partial charge in [0.1, 0.15) is 0 Å². The zero-order valence-corrected chi connectivity index (χ0v) is 13.0. The highest BCUT2D eigenvalue weighted by molar-refractivity contribution is 5.87. The Morgan fingerprint density at radius 3 is 2.11 bits per heavy atom. The predicted molar refractivity (Wildman–Crippen MR) is 77.4 cm³/mol. The lowest BCUT2D eigenvalue weighted by Gasteiger charge is -2.31. The molecule has 104 valence electrons. The molecule has 0 rings (SSSR count). The summed E-state index contributed by atoms with van der Waals surface area (Å²) in [5.41, 5.74) is 0.675. The lowest BCUT2D eigenvalue weighted by Crippen LogP contribution is -2.21. The molecule has 0 fully saturated rings. The molecule has 0 aromatic rings. The van der Waals surface area contributed by atoms with Gasteiger partial charge in [-0.15, -0.1) is 6.58 Å². The fourth-order valence-corrected chi connectivity index (χ4v) is 2.25. The summed E-state index contributed by atoms with van der Waals surface area (Å²) in [6.07, 6.45) is 4.83. The predicted octanol–water partition coefficient (Wildman–Crippen LogP) is 4.51. The van der Waals surface area contributed by atoms with E-state index < -0.39 is 0 Å². The Morgan fingerprint density at radius 1 is 1.22 bits per heavy atom. The van der Waals surface area contributed by atoms with E-state index in [0.717, 1.165) is 6.42 Å². The van der Waals surface area contributed by atoms with Crippen molar-refractivity contribution in [2.45, 2.75) is 61.0 Å². The largest absolute Gasteiger partial charge is 0.460 e. The van der Waals surface area contributed by atoms with Crippen LogP contribution in [0.1, 0.15) is 54.9 Å². The van der Waals surface area contributed by atoms with Crippen molar-refractivity contribution in [3.8, 4) is 0 Å². The minimum absolute atomic E-state index is 0.0578. The zero-order chi connectivity index (χ0) is 14.6. The van der Waals surface area contributed by atoms with Crippen LogP contribution in [0, 0.1) is 10.8 Å². The number of carbonyl (C=O) groups excluding carboxylic acids is 1. The van der Waals surface area contributed by atoms with Gasteiger partial charge in [-0.25, -0.2) is 4.79 Å². The summed E-state index contributed by atoms with van der Waals surface area (Å²) in [4.78, 5) is 11.8. The van der Waals surface area contributed by atoms with Crippen molar-refractivity contribution < 1.29 is 9.53 Å². The first-order valence-electron chi connectivity index (χ1n) is 6.53. The van der Waals surface area contributed by atoms with E-state index >= 15 is 0 Å². The average molecular weight is 252 g/mol. The molecule has 0 aliphatic heterocycles.